The highest BCUT2D eigenvalue weighted by atomic mass is 19.4. The summed E-state index contributed by atoms with van der Waals surface area (Å²) in [6.45, 7) is 2.09. The van der Waals surface area contributed by atoms with Crippen LogP contribution in [-0.2, 0) is 21.3 Å². The van der Waals surface area contributed by atoms with Crippen molar-refractivity contribution in [3.8, 4) is 6.07 Å². The first kappa shape index (κ1) is 25.0. The van der Waals surface area contributed by atoms with Crippen molar-refractivity contribution in [2.75, 3.05) is 29.9 Å². The minimum Gasteiger partial charge on any atom is -0.370 e. The van der Waals surface area contributed by atoms with E-state index in [4.69, 9.17) is 5.26 Å². The van der Waals surface area contributed by atoms with Gasteiger partial charge in [0.05, 0.1) is 28.6 Å². The second-order valence-electron chi connectivity index (χ2n) is 8.96. The number of piperidine rings is 1. The van der Waals surface area contributed by atoms with Crippen molar-refractivity contribution in [3.05, 3.63) is 59.2 Å². The number of rotatable bonds is 5. The SMILES string of the molecule is CC1(c2ccc(C#N)cc2)NC(=O)N(CC(=O)Nc2cc(C(F)(F)F)ccc2N2CCCCC2)C1=O. The number of imide groups is 1. The highest BCUT2D eigenvalue weighted by molar-refractivity contribution is 6.10. The lowest BCUT2D eigenvalue weighted by Crippen LogP contribution is -2.42. The number of carbonyl (C=O) groups is 3. The van der Waals surface area contributed by atoms with E-state index in [0.717, 1.165) is 36.3 Å². The van der Waals surface area contributed by atoms with Crippen LogP contribution >= 0.6 is 0 Å². The molecule has 0 saturated carbocycles. The number of urea groups is 1. The molecule has 0 radical (unpaired) electrons. The fourth-order valence-corrected chi connectivity index (χ4v) is 4.47. The largest absolute Gasteiger partial charge is 0.416 e. The van der Waals surface area contributed by atoms with Crippen LogP contribution in [0.25, 0.3) is 0 Å². The predicted octanol–water partition coefficient (Wildman–Crippen LogP) is 3.97. The topological polar surface area (TPSA) is 106 Å². The van der Waals surface area contributed by atoms with Crippen LogP contribution in [0.15, 0.2) is 42.5 Å². The van der Waals surface area contributed by atoms with E-state index < -0.39 is 41.7 Å². The Kier molecular flexibility index (Phi) is 6.63. The molecule has 2 fully saturated rings. The van der Waals surface area contributed by atoms with Crippen molar-refractivity contribution in [1.29, 1.82) is 5.26 Å². The number of hydrogen-bond donors (Lipinski definition) is 2. The molecule has 11 heteroatoms. The first-order valence-corrected chi connectivity index (χ1v) is 11.4. The van der Waals surface area contributed by atoms with Gasteiger partial charge >= 0.3 is 12.2 Å². The molecule has 1 unspecified atom stereocenters. The first-order valence-electron chi connectivity index (χ1n) is 11.4. The van der Waals surface area contributed by atoms with E-state index in [1.54, 1.807) is 0 Å². The molecule has 188 valence electrons. The van der Waals surface area contributed by atoms with Gasteiger partial charge in [0.15, 0.2) is 0 Å². The van der Waals surface area contributed by atoms with Gasteiger partial charge in [0.2, 0.25) is 5.91 Å². The van der Waals surface area contributed by atoms with E-state index in [9.17, 15) is 27.6 Å². The van der Waals surface area contributed by atoms with Gasteiger partial charge in [-0.2, -0.15) is 18.4 Å². The highest BCUT2D eigenvalue weighted by Crippen LogP contribution is 2.36. The molecule has 2 heterocycles. The van der Waals surface area contributed by atoms with E-state index >= 15 is 0 Å². The third-order valence-corrected chi connectivity index (χ3v) is 6.46. The molecule has 4 amide bonds. The van der Waals surface area contributed by atoms with Crippen molar-refractivity contribution >= 4 is 29.2 Å². The normalized spacial score (nSPS) is 20.2. The maximum atomic E-state index is 13.4. The fraction of sp³-hybridized carbons (Fsp3) is 0.360. The molecule has 2 aliphatic rings. The molecular formula is C25H24F3N5O3. The molecule has 36 heavy (non-hydrogen) atoms. The number of carbonyl (C=O) groups excluding carboxylic acids is 3. The van der Waals surface area contributed by atoms with Crippen LogP contribution < -0.4 is 15.5 Å². The third kappa shape index (κ3) is 4.84. The average Bonchev–Trinajstić information content (AvgIpc) is 3.07. The van der Waals surface area contributed by atoms with Gasteiger partial charge in [0.25, 0.3) is 5.91 Å². The van der Waals surface area contributed by atoms with Gasteiger partial charge in [-0.15, -0.1) is 0 Å². The standard InChI is InChI=1S/C25H24F3N5O3/c1-24(17-7-5-16(14-29)6-8-17)22(35)33(23(36)31-24)15-21(34)30-19-13-18(25(26,27)28)9-10-20(19)32-11-3-2-4-12-32/h5-10,13H,2-4,11-12,15H2,1H3,(H,30,34)(H,31,36). The number of anilines is 2. The number of amides is 4. The van der Waals surface area contributed by atoms with Crippen LogP contribution in [0.5, 0.6) is 0 Å². The molecule has 2 aliphatic heterocycles. The zero-order valence-electron chi connectivity index (χ0n) is 19.5. The van der Waals surface area contributed by atoms with Crippen molar-refractivity contribution in [2.45, 2.75) is 37.9 Å². The Morgan fingerprint density at radius 3 is 2.39 bits per heavy atom. The molecule has 0 aliphatic carbocycles. The highest BCUT2D eigenvalue weighted by Gasteiger charge is 2.49. The molecule has 2 saturated heterocycles. The predicted molar refractivity (Wildman–Crippen MR) is 125 cm³/mol. The monoisotopic (exact) mass is 499 g/mol. The summed E-state index contributed by atoms with van der Waals surface area (Å²) in [5.41, 5.74) is -1.15. The number of nitrogens with zero attached hydrogens (tertiary/aromatic N) is 3. The van der Waals surface area contributed by atoms with Crippen LogP contribution in [-0.4, -0.2) is 42.4 Å². The molecule has 2 N–H and O–H groups in total. The summed E-state index contributed by atoms with van der Waals surface area (Å²) in [5, 5.41) is 14.0. The Hall–Kier alpha value is -4.07. The molecule has 2 aromatic rings. The van der Waals surface area contributed by atoms with Gasteiger partial charge in [0, 0.05) is 13.1 Å². The van der Waals surface area contributed by atoms with Gasteiger partial charge in [-0.05, 0) is 62.1 Å². The Labute approximate surface area is 205 Å². The second kappa shape index (κ2) is 9.53. The van der Waals surface area contributed by atoms with Crippen LogP contribution in [0, 0.1) is 11.3 Å². The maximum absolute atomic E-state index is 13.4. The summed E-state index contributed by atoms with van der Waals surface area (Å²) in [6, 6.07) is 10.4. The zero-order chi connectivity index (χ0) is 26.1. The smallest absolute Gasteiger partial charge is 0.370 e. The minimum atomic E-state index is -4.60. The van der Waals surface area contributed by atoms with E-state index in [-0.39, 0.29) is 5.69 Å². The quantitative estimate of drug-likeness (QED) is 0.606. The van der Waals surface area contributed by atoms with Crippen molar-refractivity contribution in [3.63, 3.8) is 0 Å². The molecule has 2 aromatic carbocycles. The van der Waals surface area contributed by atoms with Gasteiger partial charge in [-0.1, -0.05) is 12.1 Å². The molecule has 1 atom stereocenters. The lowest BCUT2D eigenvalue weighted by molar-refractivity contribution is -0.137. The fourth-order valence-electron chi connectivity index (χ4n) is 4.47. The summed E-state index contributed by atoms with van der Waals surface area (Å²) in [7, 11) is 0. The lowest BCUT2D eigenvalue weighted by atomic mass is 9.91. The Morgan fingerprint density at radius 2 is 1.78 bits per heavy atom. The van der Waals surface area contributed by atoms with E-state index in [1.807, 2.05) is 11.0 Å². The zero-order valence-corrected chi connectivity index (χ0v) is 19.5. The number of benzene rings is 2. The van der Waals surface area contributed by atoms with Crippen LogP contribution in [0.1, 0.15) is 42.9 Å². The summed E-state index contributed by atoms with van der Waals surface area (Å²) < 4.78 is 40.1. The number of nitriles is 1. The number of hydrogen-bond acceptors (Lipinski definition) is 5. The van der Waals surface area contributed by atoms with Gasteiger partial charge in [0.1, 0.15) is 12.1 Å². The van der Waals surface area contributed by atoms with Crippen LogP contribution in [0.3, 0.4) is 0 Å². The van der Waals surface area contributed by atoms with E-state index in [1.165, 1.54) is 37.3 Å². The maximum Gasteiger partial charge on any atom is 0.416 e. The summed E-state index contributed by atoms with van der Waals surface area (Å²) >= 11 is 0. The Balaban J connectivity index is 1.55. The van der Waals surface area contributed by atoms with Gasteiger partial charge in [-0.25, -0.2) is 4.79 Å². The molecular weight excluding hydrogens is 475 g/mol. The summed E-state index contributed by atoms with van der Waals surface area (Å²) in [6.07, 6.45) is -1.83. The van der Waals surface area contributed by atoms with Crippen LogP contribution in [0.4, 0.5) is 29.3 Å². The molecule has 0 spiro atoms. The lowest BCUT2D eigenvalue weighted by Gasteiger charge is -2.31. The van der Waals surface area contributed by atoms with Crippen molar-refractivity contribution in [1.82, 2.24) is 10.2 Å². The minimum absolute atomic E-state index is 0.0290. The third-order valence-electron chi connectivity index (χ3n) is 6.46. The molecule has 8 nitrogen and oxygen atoms in total. The van der Waals surface area contributed by atoms with Gasteiger partial charge < -0.3 is 15.5 Å². The Bertz CT molecular complexity index is 1230. The Morgan fingerprint density at radius 1 is 1.11 bits per heavy atom. The van der Waals surface area contributed by atoms with E-state index in [2.05, 4.69) is 10.6 Å². The number of alkyl halides is 3. The summed E-state index contributed by atoms with van der Waals surface area (Å²) in [5.74, 6) is -1.49. The molecule has 0 aromatic heterocycles. The number of nitrogens with one attached hydrogen (secondary N) is 2. The van der Waals surface area contributed by atoms with Crippen molar-refractivity contribution in [2.24, 2.45) is 0 Å². The van der Waals surface area contributed by atoms with Crippen LogP contribution in [0.2, 0.25) is 0 Å². The number of halogens is 3. The molecule has 0 bridgehead atoms. The van der Waals surface area contributed by atoms with Gasteiger partial charge in [-0.3, -0.25) is 14.5 Å². The first-order chi connectivity index (χ1) is 17.0. The van der Waals surface area contributed by atoms with E-state index in [0.29, 0.717) is 29.9 Å². The second-order valence-corrected chi connectivity index (χ2v) is 8.96. The molecule has 4 rings (SSSR count). The summed E-state index contributed by atoms with van der Waals surface area (Å²) in [4.78, 5) is 41.2. The van der Waals surface area contributed by atoms with Crippen molar-refractivity contribution < 1.29 is 27.6 Å². The average molecular weight is 499 g/mol.